The van der Waals surface area contributed by atoms with E-state index in [9.17, 15) is 5.11 Å². The van der Waals surface area contributed by atoms with Crippen molar-refractivity contribution in [1.29, 1.82) is 0 Å². The highest BCUT2D eigenvalue weighted by atomic mass is 79.9. The van der Waals surface area contributed by atoms with E-state index in [-0.39, 0.29) is 0 Å². The van der Waals surface area contributed by atoms with Crippen molar-refractivity contribution in [2.45, 2.75) is 6.10 Å². The number of aryl methyl sites for hydroxylation is 1. The van der Waals surface area contributed by atoms with Crippen LogP contribution < -0.4 is 0 Å². The van der Waals surface area contributed by atoms with E-state index < -0.39 is 6.10 Å². The number of rotatable bonds is 2. The number of aliphatic hydroxyl groups excluding tert-OH is 1. The minimum Gasteiger partial charge on any atom is -0.383 e. The summed E-state index contributed by atoms with van der Waals surface area (Å²) in [6.45, 7) is 0. The molecule has 0 fully saturated rings. The topological polar surface area (TPSA) is 38.0 Å². The van der Waals surface area contributed by atoms with Gasteiger partial charge in [0.05, 0.1) is 9.98 Å². The van der Waals surface area contributed by atoms with Crippen LogP contribution in [0.3, 0.4) is 0 Å². The summed E-state index contributed by atoms with van der Waals surface area (Å²) in [6.07, 6.45) is 2.93. The lowest BCUT2D eigenvalue weighted by Gasteiger charge is -2.03. The monoisotopic (exact) mass is 272 g/mol. The lowest BCUT2D eigenvalue weighted by Crippen LogP contribution is -1.94. The van der Waals surface area contributed by atoms with Crippen LogP contribution in [-0.2, 0) is 7.05 Å². The van der Waals surface area contributed by atoms with E-state index in [0.29, 0.717) is 0 Å². The predicted octanol–water partition coefficient (Wildman–Crippen LogP) is 2.33. The summed E-state index contributed by atoms with van der Waals surface area (Å²) in [7, 11) is 1.83. The van der Waals surface area contributed by atoms with Gasteiger partial charge in [-0.3, -0.25) is 4.68 Å². The largest absolute Gasteiger partial charge is 0.383 e. The SMILES string of the molecule is Cn1cc(C(O)c2ccc(Br)s2)cn1. The molecule has 1 atom stereocenters. The van der Waals surface area contributed by atoms with Crippen LogP contribution in [0, 0.1) is 0 Å². The fourth-order valence-corrected chi connectivity index (χ4v) is 2.66. The molecule has 0 bridgehead atoms. The minimum absolute atomic E-state index is 0.569. The molecule has 0 aliphatic heterocycles. The first-order chi connectivity index (χ1) is 6.66. The highest BCUT2D eigenvalue weighted by Gasteiger charge is 2.13. The molecule has 2 aromatic heterocycles. The molecule has 1 unspecified atom stereocenters. The number of nitrogens with zero attached hydrogens (tertiary/aromatic N) is 2. The van der Waals surface area contributed by atoms with Crippen LogP contribution in [0.1, 0.15) is 16.5 Å². The Morgan fingerprint density at radius 2 is 2.36 bits per heavy atom. The van der Waals surface area contributed by atoms with E-state index in [1.54, 1.807) is 10.9 Å². The third-order valence-electron chi connectivity index (χ3n) is 1.90. The average molecular weight is 273 g/mol. The van der Waals surface area contributed by atoms with Gasteiger partial charge in [0, 0.05) is 23.7 Å². The summed E-state index contributed by atoms with van der Waals surface area (Å²) in [6, 6.07) is 3.84. The second-order valence-electron chi connectivity index (χ2n) is 2.99. The first-order valence-corrected chi connectivity index (χ1v) is 5.69. The molecule has 0 amide bonds. The average Bonchev–Trinajstić information content (AvgIpc) is 2.73. The van der Waals surface area contributed by atoms with Gasteiger partial charge in [-0.2, -0.15) is 5.10 Å². The zero-order valence-electron chi connectivity index (χ0n) is 7.51. The lowest BCUT2D eigenvalue weighted by atomic mass is 10.2. The summed E-state index contributed by atoms with van der Waals surface area (Å²) in [4.78, 5) is 0.921. The van der Waals surface area contributed by atoms with Crippen molar-refractivity contribution in [3.05, 3.63) is 38.8 Å². The van der Waals surface area contributed by atoms with Gasteiger partial charge in [0.15, 0.2) is 0 Å². The molecule has 2 rings (SSSR count). The quantitative estimate of drug-likeness (QED) is 0.911. The fourth-order valence-electron chi connectivity index (χ4n) is 1.22. The summed E-state index contributed by atoms with van der Waals surface area (Å²) in [5.41, 5.74) is 0.821. The highest BCUT2D eigenvalue weighted by Crippen LogP contribution is 2.30. The Hall–Kier alpha value is -0.650. The maximum Gasteiger partial charge on any atom is 0.116 e. The van der Waals surface area contributed by atoms with Crippen LogP contribution in [0.15, 0.2) is 28.3 Å². The van der Waals surface area contributed by atoms with E-state index >= 15 is 0 Å². The zero-order valence-corrected chi connectivity index (χ0v) is 9.92. The van der Waals surface area contributed by atoms with Gasteiger partial charge >= 0.3 is 0 Å². The number of hydrogen-bond acceptors (Lipinski definition) is 3. The predicted molar refractivity (Wildman–Crippen MR) is 59.3 cm³/mol. The van der Waals surface area contributed by atoms with Crippen LogP contribution in [-0.4, -0.2) is 14.9 Å². The molecule has 3 nitrogen and oxygen atoms in total. The summed E-state index contributed by atoms with van der Waals surface area (Å²) in [5.74, 6) is 0. The van der Waals surface area contributed by atoms with Crippen molar-refractivity contribution in [3.8, 4) is 0 Å². The molecule has 0 aliphatic carbocycles. The van der Waals surface area contributed by atoms with E-state index in [1.165, 1.54) is 11.3 Å². The second kappa shape index (κ2) is 3.84. The maximum atomic E-state index is 9.95. The third-order valence-corrected chi connectivity index (χ3v) is 3.58. The van der Waals surface area contributed by atoms with Crippen LogP contribution in [0.5, 0.6) is 0 Å². The first-order valence-electron chi connectivity index (χ1n) is 4.08. The number of aromatic nitrogens is 2. The molecule has 2 aromatic rings. The molecule has 0 aliphatic rings. The lowest BCUT2D eigenvalue weighted by molar-refractivity contribution is 0.224. The van der Waals surface area contributed by atoms with E-state index in [1.807, 2.05) is 25.4 Å². The Bertz CT molecular complexity index is 397. The van der Waals surface area contributed by atoms with Crippen LogP contribution >= 0.6 is 27.3 Å². The minimum atomic E-state index is -0.569. The molecular formula is C9H9BrN2OS. The molecule has 74 valence electrons. The molecule has 0 saturated heterocycles. The van der Waals surface area contributed by atoms with E-state index in [4.69, 9.17) is 0 Å². The van der Waals surface area contributed by atoms with Gasteiger partial charge in [-0.15, -0.1) is 11.3 Å². The normalized spacial score (nSPS) is 13.1. The standard InChI is InChI=1S/C9H9BrN2OS/c1-12-5-6(4-11-12)9(13)7-2-3-8(10)14-7/h2-5,9,13H,1H3. The first kappa shape index (κ1) is 9.89. The zero-order chi connectivity index (χ0) is 10.1. The van der Waals surface area contributed by atoms with Crippen LogP contribution in [0.2, 0.25) is 0 Å². The van der Waals surface area contributed by atoms with Gasteiger partial charge < -0.3 is 5.11 Å². The van der Waals surface area contributed by atoms with Gasteiger partial charge in [0.25, 0.3) is 0 Å². The van der Waals surface area contributed by atoms with E-state index in [0.717, 1.165) is 14.2 Å². The van der Waals surface area contributed by atoms with Crippen molar-refractivity contribution in [3.63, 3.8) is 0 Å². The van der Waals surface area contributed by atoms with Crippen molar-refractivity contribution < 1.29 is 5.11 Å². The van der Waals surface area contributed by atoms with Gasteiger partial charge in [0.2, 0.25) is 0 Å². The Labute approximate surface area is 94.1 Å². The Balaban J connectivity index is 2.28. The molecule has 2 heterocycles. The molecule has 0 spiro atoms. The number of hydrogen-bond donors (Lipinski definition) is 1. The number of aliphatic hydroxyl groups is 1. The van der Waals surface area contributed by atoms with Crippen LogP contribution in [0.25, 0.3) is 0 Å². The molecule has 14 heavy (non-hydrogen) atoms. The Morgan fingerprint density at radius 3 is 2.86 bits per heavy atom. The third kappa shape index (κ3) is 1.89. The van der Waals surface area contributed by atoms with Gasteiger partial charge in [-0.05, 0) is 28.1 Å². The summed E-state index contributed by atoms with van der Waals surface area (Å²) < 4.78 is 2.71. The number of halogens is 1. The van der Waals surface area contributed by atoms with Crippen molar-refractivity contribution in [1.82, 2.24) is 9.78 Å². The molecule has 0 saturated carbocycles. The molecule has 0 radical (unpaired) electrons. The van der Waals surface area contributed by atoms with Crippen LogP contribution in [0.4, 0.5) is 0 Å². The van der Waals surface area contributed by atoms with Gasteiger partial charge in [-0.25, -0.2) is 0 Å². The van der Waals surface area contributed by atoms with Crippen molar-refractivity contribution >= 4 is 27.3 Å². The molecule has 0 aromatic carbocycles. The van der Waals surface area contributed by atoms with E-state index in [2.05, 4.69) is 21.0 Å². The molecule has 5 heteroatoms. The van der Waals surface area contributed by atoms with Gasteiger partial charge in [0.1, 0.15) is 6.10 Å². The second-order valence-corrected chi connectivity index (χ2v) is 5.49. The highest BCUT2D eigenvalue weighted by molar-refractivity contribution is 9.11. The summed E-state index contributed by atoms with van der Waals surface area (Å²) in [5, 5.41) is 14.0. The fraction of sp³-hybridized carbons (Fsp3) is 0.222. The Morgan fingerprint density at radius 1 is 1.57 bits per heavy atom. The molecule has 1 N–H and O–H groups in total. The smallest absolute Gasteiger partial charge is 0.116 e. The maximum absolute atomic E-state index is 9.95. The number of thiophene rings is 1. The molecular weight excluding hydrogens is 264 g/mol. The van der Waals surface area contributed by atoms with Crippen molar-refractivity contribution in [2.24, 2.45) is 7.05 Å². The summed E-state index contributed by atoms with van der Waals surface area (Å²) >= 11 is 4.89. The van der Waals surface area contributed by atoms with Crippen molar-refractivity contribution in [2.75, 3.05) is 0 Å². The Kier molecular flexibility index (Phi) is 2.71. The van der Waals surface area contributed by atoms with Gasteiger partial charge in [-0.1, -0.05) is 0 Å².